The van der Waals surface area contributed by atoms with Gasteiger partial charge >= 0.3 is 0 Å². The summed E-state index contributed by atoms with van der Waals surface area (Å²) in [7, 11) is 3.92. The van der Waals surface area contributed by atoms with Crippen LogP contribution in [-0.4, -0.2) is 48.0 Å². The molecule has 0 aliphatic heterocycles. The number of carbonyl (C=O) groups excluding carboxylic acids is 1. The molecule has 0 aliphatic carbocycles. The Labute approximate surface area is 130 Å². The molecule has 6 heteroatoms. The number of hydrogen-bond donors (Lipinski definition) is 2. The summed E-state index contributed by atoms with van der Waals surface area (Å²) in [5, 5.41) is 5.98. The van der Waals surface area contributed by atoms with Gasteiger partial charge in [-0.1, -0.05) is 30.3 Å². The van der Waals surface area contributed by atoms with E-state index in [1.54, 1.807) is 6.20 Å². The summed E-state index contributed by atoms with van der Waals surface area (Å²) in [6, 6.07) is 10.0. The summed E-state index contributed by atoms with van der Waals surface area (Å²) in [4.78, 5) is 22.2. The molecule has 1 aromatic carbocycles. The molecule has 0 saturated carbocycles. The van der Waals surface area contributed by atoms with E-state index < -0.39 is 0 Å². The van der Waals surface area contributed by atoms with Crippen molar-refractivity contribution in [1.29, 1.82) is 0 Å². The fourth-order valence-corrected chi connectivity index (χ4v) is 1.81. The number of rotatable bonds is 7. The molecule has 0 unspecified atom stereocenters. The largest absolute Gasteiger partial charge is 0.365 e. The molecule has 0 saturated heterocycles. The maximum absolute atomic E-state index is 11.9. The van der Waals surface area contributed by atoms with Crippen molar-refractivity contribution in [2.24, 2.45) is 0 Å². The van der Waals surface area contributed by atoms with Crippen LogP contribution in [0.4, 0.5) is 5.82 Å². The lowest BCUT2D eigenvalue weighted by molar-refractivity contribution is 0.0945. The van der Waals surface area contributed by atoms with E-state index in [0.29, 0.717) is 24.6 Å². The molecule has 0 fully saturated rings. The minimum absolute atomic E-state index is 0.205. The van der Waals surface area contributed by atoms with E-state index in [1.807, 2.05) is 49.3 Å². The fraction of sp³-hybridized carbons (Fsp3) is 0.312. The van der Waals surface area contributed by atoms with Crippen molar-refractivity contribution >= 4 is 11.7 Å². The Bertz CT molecular complexity index is 583. The number of nitrogens with zero attached hydrogens (tertiary/aromatic N) is 3. The number of hydrogen-bond acceptors (Lipinski definition) is 5. The minimum atomic E-state index is -0.205. The molecule has 1 aromatic heterocycles. The van der Waals surface area contributed by atoms with Gasteiger partial charge in [0, 0.05) is 19.6 Å². The number of amides is 1. The third kappa shape index (κ3) is 5.14. The summed E-state index contributed by atoms with van der Waals surface area (Å²) >= 11 is 0. The molecule has 6 nitrogen and oxygen atoms in total. The molecule has 0 aliphatic rings. The number of nitrogens with one attached hydrogen (secondary N) is 2. The van der Waals surface area contributed by atoms with Gasteiger partial charge in [-0.15, -0.1) is 0 Å². The van der Waals surface area contributed by atoms with Gasteiger partial charge in [-0.2, -0.15) is 0 Å². The van der Waals surface area contributed by atoms with Crippen LogP contribution >= 0.6 is 0 Å². The number of carbonyl (C=O) groups is 1. The average Bonchev–Trinajstić information content (AvgIpc) is 2.54. The van der Waals surface area contributed by atoms with Crippen LogP contribution < -0.4 is 10.6 Å². The number of aromatic nitrogens is 2. The zero-order valence-electron chi connectivity index (χ0n) is 12.9. The SMILES string of the molecule is CN(C)CCNC(=O)c1cnc(NCc2ccccc2)cn1. The number of likely N-dealkylation sites (N-methyl/N-ethyl adjacent to an activating group) is 1. The predicted molar refractivity (Wildman–Crippen MR) is 86.7 cm³/mol. The average molecular weight is 299 g/mol. The van der Waals surface area contributed by atoms with Gasteiger partial charge in [0.1, 0.15) is 11.5 Å². The first-order valence-corrected chi connectivity index (χ1v) is 7.18. The summed E-state index contributed by atoms with van der Waals surface area (Å²) in [5.41, 5.74) is 1.49. The number of benzene rings is 1. The van der Waals surface area contributed by atoms with Crippen molar-refractivity contribution in [3.8, 4) is 0 Å². The Kier molecular flexibility index (Phi) is 5.85. The third-order valence-electron chi connectivity index (χ3n) is 3.05. The van der Waals surface area contributed by atoms with Crippen LogP contribution in [0, 0.1) is 0 Å². The van der Waals surface area contributed by atoms with Crippen molar-refractivity contribution in [3.63, 3.8) is 0 Å². The highest BCUT2D eigenvalue weighted by Crippen LogP contribution is 2.05. The van der Waals surface area contributed by atoms with Crippen molar-refractivity contribution in [2.45, 2.75) is 6.54 Å². The molecule has 22 heavy (non-hydrogen) atoms. The Hall–Kier alpha value is -2.47. The smallest absolute Gasteiger partial charge is 0.271 e. The number of anilines is 1. The highest BCUT2D eigenvalue weighted by molar-refractivity contribution is 5.91. The van der Waals surface area contributed by atoms with Crippen LogP contribution in [0.2, 0.25) is 0 Å². The fourth-order valence-electron chi connectivity index (χ4n) is 1.81. The molecule has 0 radical (unpaired) electrons. The Morgan fingerprint density at radius 3 is 2.55 bits per heavy atom. The van der Waals surface area contributed by atoms with Crippen molar-refractivity contribution < 1.29 is 4.79 Å². The van der Waals surface area contributed by atoms with Gasteiger partial charge < -0.3 is 15.5 Å². The van der Waals surface area contributed by atoms with E-state index in [4.69, 9.17) is 0 Å². The van der Waals surface area contributed by atoms with Crippen molar-refractivity contribution in [3.05, 3.63) is 54.0 Å². The topological polar surface area (TPSA) is 70.2 Å². The normalized spacial score (nSPS) is 10.5. The molecular formula is C16H21N5O. The lowest BCUT2D eigenvalue weighted by Gasteiger charge is -2.10. The Morgan fingerprint density at radius 1 is 1.14 bits per heavy atom. The lowest BCUT2D eigenvalue weighted by atomic mass is 10.2. The van der Waals surface area contributed by atoms with E-state index >= 15 is 0 Å². The first-order valence-electron chi connectivity index (χ1n) is 7.18. The molecule has 1 heterocycles. The molecule has 0 bridgehead atoms. The lowest BCUT2D eigenvalue weighted by Crippen LogP contribution is -2.31. The van der Waals surface area contributed by atoms with E-state index in [0.717, 1.165) is 12.1 Å². The monoisotopic (exact) mass is 299 g/mol. The zero-order valence-corrected chi connectivity index (χ0v) is 12.9. The highest BCUT2D eigenvalue weighted by atomic mass is 16.1. The zero-order chi connectivity index (χ0) is 15.8. The van der Waals surface area contributed by atoms with E-state index in [9.17, 15) is 4.79 Å². The molecule has 2 aromatic rings. The molecular weight excluding hydrogens is 278 g/mol. The Balaban J connectivity index is 1.83. The van der Waals surface area contributed by atoms with Gasteiger partial charge in [-0.05, 0) is 19.7 Å². The first-order chi connectivity index (χ1) is 10.6. The van der Waals surface area contributed by atoms with Crippen molar-refractivity contribution in [2.75, 3.05) is 32.5 Å². The molecule has 116 valence electrons. The van der Waals surface area contributed by atoms with Gasteiger partial charge in [0.25, 0.3) is 5.91 Å². The van der Waals surface area contributed by atoms with Crippen LogP contribution in [-0.2, 0) is 6.54 Å². The molecule has 2 rings (SSSR count). The van der Waals surface area contributed by atoms with Crippen LogP contribution in [0.25, 0.3) is 0 Å². The maximum Gasteiger partial charge on any atom is 0.271 e. The second-order valence-electron chi connectivity index (χ2n) is 5.19. The predicted octanol–water partition coefficient (Wildman–Crippen LogP) is 1.38. The third-order valence-corrected chi connectivity index (χ3v) is 3.05. The maximum atomic E-state index is 11.9. The van der Waals surface area contributed by atoms with Gasteiger partial charge in [-0.25, -0.2) is 9.97 Å². The molecule has 0 atom stereocenters. The first kappa shape index (κ1) is 15.9. The molecule has 0 spiro atoms. The van der Waals surface area contributed by atoms with Gasteiger partial charge in [0.15, 0.2) is 0 Å². The van der Waals surface area contributed by atoms with E-state index in [2.05, 4.69) is 20.6 Å². The quantitative estimate of drug-likeness (QED) is 0.808. The summed E-state index contributed by atoms with van der Waals surface area (Å²) in [6.07, 6.45) is 3.06. The summed E-state index contributed by atoms with van der Waals surface area (Å²) < 4.78 is 0. The van der Waals surface area contributed by atoms with Crippen LogP contribution in [0.5, 0.6) is 0 Å². The van der Waals surface area contributed by atoms with Crippen LogP contribution in [0.15, 0.2) is 42.7 Å². The minimum Gasteiger partial charge on any atom is -0.365 e. The van der Waals surface area contributed by atoms with Gasteiger partial charge in [0.2, 0.25) is 0 Å². The van der Waals surface area contributed by atoms with Crippen molar-refractivity contribution in [1.82, 2.24) is 20.2 Å². The second kappa shape index (κ2) is 8.09. The second-order valence-corrected chi connectivity index (χ2v) is 5.19. The van der Waals surface area contributed by atoms with Gasteiger partial charge in [0.05, 0.1) is 12.4 Å². The standard InChI is InChI=1S/C16H21N5O/c1-21(2)9-8-17-16(22)14-11-20-15(12-18-14)19-10-13-6-4-3-5-7-13/h3-7,11-12H,8-10H2,1-2H3,(H,17,22)(H,19,20). The summed E-state index contributed by atoms with van der Waals surface area (Å²) in [6.45, 7) is 2.04. The molecule has 2 N–H and O–H groups in total. The van der Waals surface area contributed by atoms with Crippen LogP contribution in [0.3, 0.4) is 0 Å². The highest BCUT2D eigenvalue weighted by Gasteiger charge is 2.07. The van der Waals surface area contributed by atoms with E-state index in [1.165, 1.54) is 6.20 Å². The van der Waals surface area contributed by atoms with Crippen LogP contribution in [0.1, 0.15) is 16.1 Å². The van der Waals surface area contributed by atoms with Gasteiger partial charge in [-0.3, -0.25) is 4.79 Å². The van der Waals surface area contributed by atoms with E-state index in [-0.39, 0.29) is 5.91 Å². The Morgan fingerprint density at radius 2 is 1.91 bits per heavy atom. The molecule has 1 amide bonds. The summed E-state index contributed by atoms with van der Waals surface area (Å²) in [5.74, 6) is 0.442.